The van der Waals surface area contributed by atoms with Gasteiger partial charge in [0, 0.05) is 35.3 Å². The van der Waals surface area contributed by atoms with E-state index in [9.17, 15) is 9.50 Å². The largest absolute Gasteiger partial charge is 0.484 e. The molecule has 5 rings (SSSR count). The molecule has 0 spiro atoms. The molecule has 0 saturated carbocycles. The Kier molecular flexibility index (Phi) is 5.89. The van der Waals surface area contributed by atoms with E-state index < -0.39 is 0 Å². The summed E-state index contributed by atoms with van der Waals surface area (Å²) >= 11 is 6.20. The molecule has 6 nitrogen and oxygen atoms in total. The molecular formula is C25H28ClFN4O2. The molecule has 8 heteroatoms. The van der Waals surface area contributed by atoms with Gasteiger partial charge in [0.15, 0.2) is 0 Å². The number of β-amino-alcohol motifs (C(OH)–C–C–N with tert-alkyl or cyclic N) is 1. The molecule has 2 aromatic carbocycles. The molecule has 2 aliphatic rings. The van der Waals surface area contributed by atoms with Gasteiger partial charge >= 0.3 is 0 Å². The summed E-state index contributed by atoms with van der Waals surface area (Å²) in [6.45, 7) is 7.45. The quantitative estimate of drug-likeness (QED) is 0.590. The van der Waals surface area contributed by atoms with Crippen LogP contribution in [0.25, 0.3) is 5.69 Å². The van der Waals surface area contributed by atoms with Gasteiger partial charge in [0.2, 0.25) is 0 Å². The lowest BCUT2D eigenvalue weighted by molar-refractivity contribution is 0.0818. The lowest BCUT2D eigenvalue weighted by atomic mass is 10.1. The number of aromatic nitrogens is 3. The van der Waals surface area contributed by atoms with Gasteiger partial charge < -0.3 is 9.84 Å². The number of benzene rings is 2. The van der Waals surface area contributed by atoms with Crippen molar-refractivity contribution in [3.63, 3.8) is 0 Å². The molecule has 0 unspecified atom stereocenters. The average molecular weight is 471 g/mol. The number of aliphatic hydroxyl groups is 1. The van der Waals surface area contributed by atoms with Gasteiger partial charge in [-0.25, -0.2) is 4.39 Å². The van der Waals surface area contributed by atoms with E-state index in [0.717, 1.165) is 29.4 Å². The maximum atomic E-state index is 14.7. The fourth-order valence-corrected chi connectivity index (χ4v) is 5.25. The van der Waals surface area contributed by atoms with Gasteiger partial charge in [0.05, 0.1) is 12.1 Å². The van der Waals surface area contributed by atoms with E-state index in [-0.39, 0.29) is 30.0 Å². The van der Waals surface area contributed by atoms with Crippen molar-refractivity contribution >= 4 is 11.6 Å². The zero-order chi connectivity index (χ0) is 23.3. The minimum absolute atomic E-state index is 0.0579. The van der Waals surface area contributed by atoms with Gasteiger partial charge in [-0.1, -0.05) is 25.4 Å². The fraction of sp³-hybridized carbons (Fsp3) is 0.440. The lowest BCUT2D eigenvalue weighted by Crippen LogP contribution is -2.39. The number of ether oxygens (including phenoxy) is 1. The first-order valence-corrected chi connectivity index (χ1v) is 11.8. The van der Waals surface area contributed by atoms with Gasteiger partial charge in [-0.3, -0.25) is 9.47 Å². The Labute approximate surface area is 198 Å². The third-order valence-corrected chi connectivity index (χ3v) is 6.87. The Morgan fingerprint density at radius 2 is 1.94 bits per heavy atom. The van der Waals surface area contributed by atoms with E-state index in [1.807, 2.05) is 35.8 Å². The average Bonchev–Trinajstić information content (AvgIpc) is 3.46. The van der Waals surface area contributed by atoms with E-state index in [4.69, 9.17) is 16.3 Å². The standard InChI is InChI=1S/C25H28ClFN4O2/c1-14(2)25-29-28-15(3)31(25)17-4-6-19(7-5-17)33-24-21-10-16(26)11-22(27)20(21)12-23(24)30-9-8-18(32)13-30/h4-7,10-11,14,18,23-24,32H,8-9,12-13H2,1-3H3/t18-,23+,24+/m1/s1. The Morgan fingerprint density at radius 1 is 1.18 bits per heavy atom. The molecule has 2 heterocycles. The van der Waals surface area contributed by atoms with Crippen LogP contribution in [0.1, 0.15) is 55.1 Å². The van der Waals surface area contributed by atoms with Crippen LogP contribution in [-0.2, 0) is 6.42 Å². The number of likely N-dealkylation sites (tertiary alicyclic amines) is 1. The first-order valence-electron chi connectivity index (χ1n) is 11.4. The van der Waals surface area contributed by atoms with Crippen LogP contribution in [0.2, 0.25) is 5.02 Å². The van der Waals surface area contributed by atoms with Crippen molar-refractivity contribution in [3.8, 4) is 11.4 Å². The maximum Gasteiger partial charge on any atom is 0.140 e. The molecule has 1 saturated heterocycles. The molecular weight excluding hydrogens is 443 g/mol. The molecule has 1 aliphatic carbocycles. The van der Waals surface area contributed by atoms with E-state index in [1.54, 1.807) is 6.07 Å². The second kappa shape index (κ2) is 8.70. The number of halogens is 2. The minimum atomic E-state index is -0.368. The summed E-state index contributed by atoms with van der Waals surface area (Å²) in [5.74, 6) is 2.37. The molecule has 1 aliphatic heterocycles. The predicted octanol–water partition coefficient (Wildman–Crippen LogP) is 4.60. The topological polar surface area (TPSA) is 63.4 Å². The molecule has 0 amide bonds. The van der Waals surface area contributed by atoms with Crippen LogP contribution in [0.5, 0.6) is 5.75 Å². The predicted molar refractivity (Wildman–Crippen MR) is 125 cm³/mol. The van der Waals surface area contributed by atoms with Crippen molar-refractivity contribution in [2.24, 2.45) is 0 Å². The molecule has 3 aromatic rings. The minimum Gasteiger partial charge on any atom is -0.484 e. The number of fused-ring (bicyclic) bond motifs is 1. The van der Waals surface area contributed by atoms with Gasteiger partial charge in [-0.05, 0) is 61.7 Å². The van der Waals surface area contributed by atoms with Crippen molar-refractivity contribution in [1.29, 1.82) is 0 Å². The number of hydrogen-bond acceptors (Lipinski definition) is 5. The van der Waals surface area contributed by atoms with Gasteiger partial charge in [-0.2, -0.15) is 0 Å². The summed E-state index contributed by atoms with van der Waals surface area (Å²) in [6.07, 6.45) is 0.524. The molecule has 0 radical (unpaired) electrons. The van der Waals surface area contributed by atoms with Gasteiger partial charge in [-0.15, -0.1) is 10.2 Å². The maximum absolute atomic E-state index is 14.7. The first-order chi connectivity index (χ1) is 15.8. The SMILES string of the molecule is Cc1nnc(C(C)C)n1-c1ccc(O[C@H]2c3cc(Cl)cc(F)c3C[C@@H]2N2CC[C@@H](O)C2)cc1. The Morgan fingerprint density at radius 3 is 2.61 bits per heavy atom. The van der Waals surface area contributed by atoms with Crippen LogP contribution in [0.3, 0.4) is 0 Å². The van der Waals surface area contributed by atoms with Crippen LogP contribution in [-0.4, -0.2) is 50.0 Å². The zero-order valence-electron chi connectivity index (χ0n) is 19.0. The highest BCUT2D eigenvalue weighted by atomic mass is 35.5. The molecule has 174 valence electrons. The first kappa shape index (κ1) is 22.3. The molecule has 3 atom stereocenters. The fourth-order valence-electron chi connectivity index (χ4n) is 5.04. The highest BCUT2D eigenvalue weighted by Crippen LogP contribution is 2.41. The lowest BCUT2D eigenvalue weighted by Gasteiger charge is -2.30. The molecule has 1 fully saturated rings. The van der Waals surface area contributed by atoms with Gasteiger partial charge in [0.1, 0.15) is 29.3 Å². The van der Waals surface area contributed by atoms with E-state index in [2.05, 4.69) is 28.9 Å². The number of hydrogen-bond donors (Lipinski definition) is 1. The second-order valence-corrected chi connectivity index (χ2v) is 9.73. The molecule has 1 N–H and O–H groups in total. The van der Waals surface area contributed by atoms with Gasteiger partial charge in [0.25, 0.3) is 0 Å². The zero-order valence-corrected chi connectivity index (χ0v) is 19.8. The third kappa shape index (κ3) is 4.14. The normalized spacial score (nSPS) is 22.8. The van der Waals surface area contributed by atoms with Crippen molar-refractivity contribution in [2.75, 3.05) is 13.1 Å². The van der Waals surface area contributed by atoms with Crippen molar-refractivity contribution in [1.82, 2.24) is 19.7 Å². The smallest absolute Gasteiger partial charge is 0.140 e. The second-order valence-electron chi connectivity index (χ2n) is 9.29. The Balaban J connectivity index is 1.45. The summed E-state index contributed by atoms with van der Waals surface area (Å²) < 4.78 is 23.2. The van der Waals surface area contributed by atoms with E-state index >= 15 is 0 Å². The summed E-state index contributed by atoms with van der Waals surface area (Å²) in [5, 5.41) is 19.0. The Bertz CT molecular complexity index is 1160. The molecule has 0 bridgehead atoms. The van der Waals surface area contributed by atoms with Crippen molar-refractivity contribution in [2.45, 2.75) is 57.8 Å². The summed E-state index contributed by atoms with van der Waals surface area (Å²) in [4.78, 5) is 2.20. The Hall–Kier alpha value is -2.48. The van der Waals surface area contributed by atoms with Crippen LogP contribution >= 0.6 is 11.6 Å². The van der Waals surface area contributed by atoms with Crippen molar-refractivity contribution < 1.29 is 14.2 Å². The molecule has 33 heavy (non-hydrogen) atoms. The number of nitrogens with zero attached hydrogens (tertiary/aromatic N) is 4. The number of aryl methyl sites for hydroxylation is 1. The highest BCUT2D eigenvalue weighted by molar-refractivity contribution is 6.30. The number of rotatable bonds is 5. The van der Waals surface area contributed by atoms with E-state index in [0.29, 0.717) is 35.7 Å². The van der Waals surface area contributed by atoms with Crippen LogP contribution in [0.4, 0.5) is 4.39 Å². The summed E-state index contributed by atoms with van der Waals surface area (Å²) in [6, 6.07) is 10.9. The highest BCUT2D eigenvalue weighted by Gasteiger charge is 2.42. The monoisotopic (exact) mass is 470 g/mol. The summed E-state index contributed by atoms with van der Waals surface area (Å²) in [5.41, 5.74) is 2.40. The third-order valence-electron chi connectivity index (χ3n) is 6.65. The van der Waals surface area contributed by atoms with Crippen molar-refractivity contribution in [3.05, 3.63) is 70.0 Å². The molecule has 1 aromatic heterocycles. The van der Waals surface area contributed by atoms with E-state index in [1.165, 1.54) is 6.07 Å². The van der Waals surface area contributed by atoms with Crippen LogP contribution < -0.4 is 4.74 Å². The summed E-state index contributed by atoms with van der Waals surface area (Å²) in [7, 11) is 0. The number of aliphatic hydroxyl groups excluding tert-OH is 1. The van der Waals surface area contributed by atoms with Crippen LogP contribution in [0, 0.1) is 12.7 Å². The van der Waals surface area contributed by atoms with Crippen LogP contribution in [0.15, 0.2) is 36.4 Å².